The molecule has 3 N–H and O–H groups in total. The Morgan fingerprint density at radius 3 is 2.50 bits per heavy atom. The highest BCUT2D eigenvalue weighted by Gasteiger charge is 2.12. The minimum atomic E-state index is -0.952. The Morgan fingerprint density at radius 2 is 1.86 bits per heavy atom. The van der Waals surface area contributed by atoms with Crippen LogP contribution in [0, 0.1) is 0 Å². The summed E-state index contributed by atoms with van der Waals surface area (Å²) in [5, 5.41) is 15.9. The summed E-state index contributed by atoms with van der Waals surface area (Å²) in [6.07, 6.45) is 4.61. The number of ether oxygens (including phenoxy) is 1. The maximum absolute atomic E-state index is 12.1. The van der Waals surface area contributed by atoms with Crippen LogP contribution in [0.5, 0.6) is 5.88 Å². The van der Waals surface area contributed by atoms with Crippen molar-refractivity contribution in [2.24, 2.45) is 0 Å². The van der Waals surface area contributed by atoms with Gasteiger partial charge in [0.1, 0.15) is 6.61 Å². The fraction of sp³-hybridized carbons (Fsp3) is 0.296. The van der Waals surface area contributed by atoms with Crippen molar-refractivity contribution in [3.63, 3.8) is 0 Å². The van der Waals surface area contributed by atoms with Crippen LogP contribution < -0.4 is 15.4 Å². The zero-order chi connectivity index (χ0) is 25.9. The molecule has 1 atom stereocenters. The predicted octanol–water partition coefficient (Wildman–Crippen LogP) is 6.31. The fourth-order valence-electron chi connectivity index (χ4n) is 3.52. The third-order valence-electron chi connectivity index (χ3n) is 5.46. The number of unbranched alkanes of at least 4 members (excludes halogenated alkanes) is 1. The van der Waals surface area contributed by atoms with Crippen molar-refractivity contribution in [3.8, 4) is 17.0 Å². The topological polar surface area (TPSA) is 101 Å². The number of hydrogen-bond acceptors (Lipinski definition) is 5. The molecule has 0 aliphatic heterocycles. The molecule has 9 heteroatoms. The minimum absolute atomic E-state index is 0.0485. The normalized spacial score (nSPS) is 11.5. The van der Waals surface area contributed by atoms with Gasteiger partial charge in [0.15, 0.2) is 0 Å². The number of nitrogens with one attached hydrogen (secondary N) is 2. The molecule has 36 heavy (non-hydrogen) atoms. The minimum Gasteiger partial charge on any atom is -0.481 e. The molecule has 0 saturated heterocycles. The van der Waals surface area contributed by atoms with Gasteiger partial charge in [0.25, 0.3) is 5.91 Å². The van der Waals surface area contributed by atoms with E-state index in [0.717, 1.165) is 36.1 Å². The van der Waals surface area contributed by atoms with Crippen molar-refractivity contribution in [2.45, 2.75) is 38.6 Å². The number of carbonyl (C=O) groups is 2. The van der Waals surface area contributed by atoms with E-state index in [-0.39, 0.29) is 24.9 Å². The summed E-state index contributed by atoms with van der Waals surface area (Å²) in [6, 6.07) is 16.2. The molecule has 0 radical (unpaired) electrons. The van der Waals surface area contributed by atoms with E-state index < -0.39 is 5.97 Å². The van der Waals surface area contributed by atoms with Gasteiger partial charge in [0.2, 0.25) is 5.88 Å². The Labute approximate surface area is 220 Å². The van der Waals surface area contributed by atoms with Crippen LogP contribution >= 0.6 is 23.2 Å². The van der Waals surface area contributed by atoms with E-state index in [4.69, 9.17) is 33.0 Å². The average Bonchev–Trinajstić information content (AvgIpc) is 2.86. The summed E-state index contributed by atoms with van der Waals surface area (Å²) >= 11 is 12.3. The van der Waals surface area contributed by atoms with Gasteiger partial charge in [-0.3, -0.25) is 9.59 Å². The molecular formula is C27H29Cl2N3O4. The van der Waals surface area contributed by atoms with E-state index in [1.54, 1.807) is 30.5 Å². The molecule has 1 heterocycles. The van der Waals surface area contributed by atoms with Crippen molar-refractivity contribution in [2.75, 3.05) is 18.5 Å². The van der Waals surface area contributed by atoms with E-state index in [2.05, 4.69) is 22.5 Å². The molecule has 0 bridgehead atoms. The number of nitrogens with zero attached hydrogens (tertiary/aromatic N) is 1. The highest BCUT2D eigenvalue weighted by Crippen LogP contribution is 2.30. The number of carboxylic acid groups (broad SMARTS) is 1. The molecule has 1 aromatic heterocycles. The second kappa shape index (κ2) is 13.7. The molecule has 0 spiro atoms. The van der Waals surface area contributed by atoms with Gasteiger partial charge in [-0.1, -0.05) is 49.0 Å². The lowest BCUT2D eigenvalue weighted by Gasteiger charge is -2.20. The quantitative estimate of drug-likeness (QED) is 0.240. The van der Waals surface area contributed by atoms with Crippen molar-refractivity contribution >= 4 is 40.8 Å². The van der Waals surface area contributed by atoms with Crippen molar-refractivity contribution in [3.05, 3.63) is 76.4 Å². The number of aliphatic carboxylic acids is 1. The van der Waals surface area contributed by atoms with Crippen molar-refractivity contribution in [1.29, 1.82) is 0 Å². The van der Waals surface area contributed by atoms with E-state index >= 15 is 0 Å². The molecule has 0 aliphatic carbocycles. The summed E-state index contributed by atoms with van der Waals surface area (Å²) < 4.78 is 5.96. The molecule has 7 nitrogen and oxygen atoms in total. The van der Waals surface area contributed by atoms with Gasteiger partial charge in [0.05, 0.1) is 12.5 Å². The standard InChI is InChI=1S/C27H29Cl2N3O4/c1-2-3-4-22(32-21-9-5-18(6-10-21)27(35)30-14-13-26(33)34)17-36-25-12-7-19(16-31-25)23-11-8-20(28)15-24(23)29/h5-12,15-16,22,32H,2-4,13-14,17H2,1H3,(H,30,35)(H,33,34). The van der Waals surface area contributed by atoms with E-state index in [1.165, 1.54) is 0 Å². The van der Waals surface area contributed by atoms with Crippen LogP contribution in [0.2, 0.25) is 10.0 Å². The zero-order valence-electron chi connectivity index (χ0n) is 20.0. The van der Waals surface area contributed by atoms with Gasteiger partial charge in [-0.05, 0) is 48.9 Å². The monoisotopic (exact) mass is 529 g/mol. The third kappa shape index (κ3) is 8.43. The first-order valence-corrected chi connectivity index (χ1v) is 12.5. The Morgan fingerprint density at radius 1 is 1.08 bits per heavy atom. The van der Waals surface area contributed by atoms with Crippen LogP contribution in [0.25, 0.3) is 11.1 Å². The zero-order valence-corrected chi connectivity index (χ0v) is 21.5. The van der Waals surface area contributed by atoms with Crippen molar-refractivity contribution < 1.29 is 19.4 Å². The summed E-state index contributed by atoms with van der Waals surface area (Å²) in [4.78, 5) is 27.2. The van der Waals surface area contributed by atoms with Gasteiger partial charge in [-0.15, -0.1) is 0 Å². The molecule has 0 saturated carbocycles. The van der Waals surface area contributed by atoms with Crippen LogP contribution in [0.1, 0.15) is 43.0 Å². The maximum Gasteiger partial charge on any atom is 0.305 e. The molecule has 0 aliphatic rings. The van der Waals surface area contributed by atoms with Crippen LogP contribution in [-0.4, -0.2) is 41.2 Å². The van der Waals surface area contributed by atoms with Crippen molar-refractivity contribution in [1.82, 2.24) is 10.3 Å². The lowest BCUT2D eigenvalue weighted by molar-refractivity contribution is -0.136. The predicted molar refractivity (Wildman–Crippen MR) is 143 cm³/mol. The number of carboxylic acids is 1. The lowest BCUT2D eigenvalue weighted by Crippen LogP contribution is -2.28. The second-order valence-electron chi connectivity index (χ2n) is 8.28. The van der Waals surface area contributed by atoms with E-state index in [1.807, 2.05) is 30.3 Å². The smallest absolute Gasteiger partial charge is 0.305 e. The molecule has 1 unspecified atom stereocenters. The number of carbonyl (C=O) groups excluding carboxylic acids is 1. The summed E-state index contributed by atoms with van der Waals surface area (Å²) in [6.45, 7) is 2.65. The highest BCUT2D eigenvalue weighted by atomic mass is 35.5. The number of benzene rings is 2. The van der Waals surface area contributed by atoms with E-state index in [9.17, 15) is 9.59 Å². The summed E-state index contributed by atoms with van der Waals surface area (Å²) in [5.41, 5.74) is 3.05. The lowest BCUT2D eigenvalue weighted by atomic mass is 10.1. The molecular weight excluding hydrogens is 501 g/mol. The van der Waals surface area contributed by atoms with Gasteiger partial charge in [-0.2, -0.15) is 0 Å². The first-order valence-electron chi connectivity index (χ1n) is 11.8. The first-order chi connectivity index (χ1) is 17.4. The highest BCUT2D eigenvalue weighted by molar-refractivity contribution is 6.36. The van der Waals surface area contributed by atoms with Gasteiger partial charge < -0.3 is 20.5 Å². The number of aromatic nitrogens is 1. The number of hydrogen-bond donors (Lipinski definition) is 3. The average molecular weight is 530 g/mol. The molecule has 0 fully saturated rings. The van der Waals surface area contributed by atoms with Gasteiger partial charge in [0, 0.05) is 51.2 Å². The molecule has 2 aromatic carbocycles. The van der Waals surface area contributed by atoms with Gasteiger partial charge >= 0.3 is 5.97 Å². The molecule has 3 rings (SSSR count). The number of anilines is 1. The first kappa shape index (κ1) is 27.3. The largest absolute Gasteiger partial charge is 0.481 e. The number of pyridine rings is 1. The SMILES string of the molecule is CCCCC(COc1ccc(-c2ccc(Cl)cc2Cl)cn1)Nc1ccc(C(=O)NCCC(=O)O)cc1. The second-order valence-corrected chi connectivity index (χ2v) is 9.12. The Kier molecular flexibility index (Phi) is 10.4. The molecule has 1 amide bonds. The Balaban J connectivity index is 1.57. The Bertz CT molecular complexity index is 1150. The third-order valence-corrected chi connectivity index (χ3v) is 6.01. The summed E-state index contributed by atoms with van der Waals surface area (Å²) in [5.74, 6) is -0.740. The van der Waals surface area contributed by atoms with Crippen LogP contribution in [-0.2, 0) is 4.79 Å². The van der Waals surface area contributed by atoms with Crippen LogP contribution in [0.3, 0.4) is 0 Å². The molecule has 3 aromatic rings. The van der Waals surface area contributed by atoms with E-state index in [0.29, 0.717) is 28.1 Å². The Hall–Kier alpha value is -3.29. The molecule has 190 valence electrons. The number of rotatable bonds is 13. The van der Waals surface area contributed by atoms with Crippen LogP contribution in [0.15, 0.2) is 60.8 Å². The maximum atomic E-state index is 12.1. The fourth-order valence-corrected chi connectivity index (χ4v) is 4.04. The van der Waals surface area contributed by atoms with Crippen LogP contribution in [0.4, 0.5) is 5.69 Å². The van der Waals surface area contributed by atoms with Gasteiger partial charge in [-0.25, -0.2) is 4.98 Å². The number of amides is 1. The summed E-state index contributed by atoms with van der Waals surface area (Å²) in [7, 11) is 0. The number of halogens is 2.